The molecule has 2 aromatic rings. The first-order valence-corrected chi connectivity index (χ1v) is 10.4. The predicted octanol–water partition coefficient (Wildman–Crippen LogP) is 7.37. The van der Waals surface area contributed by atoms with Gasteiger partial charge in [-0.2, -0.15) is 10.5 Å². The number of nitriles is 2. The zero-order valence-corrected chi connectivity index (χ0v) is 19.6. The molecule has 6 nitrogen and oxygen atoms in total. The van der Waals surface area contributed by atoms with Crippen LogP contribution < -0.4 is 9.47 Å². The van der Waals surface area contributed by atoms with E-state index in [2.05, 4.69) is 0 Å². The average molecular weight is 549 g/mol. The summed E-state index contributed by atoms with van der Waals surface area (Å²) in [5.41, 5.74) is -1.13. The maximum atomic E-state index is 11.2. The fourth-order valence-electron chi connectivity index (χ4n) is 2.44. The van der Waals surface area contributed by atoms with E-state index in [0.717, 1.165) is 0 Å². The lowest BCUT2D eigenvalue weighted by Gasteiger charge is -2.21. The van der Waals surface area contributed by atoms with Gasteiger partial charge in [0.25, 0.3) is 0 Å². The minimum Gasteiger partial charge on any atom is -0.449 e. The van der Waals surface area contributed by atoms with E-state index in [0.29, 0.717) is 43.1 Å². The van der Waals surface area contributed by atoms with E-state index >= 15 is 0 Å². The Hall–Kier alpha value is -2.42. The third-order valence-corrected chi connectivity index (χ3v) is 6.19. The van der Waals surface area contributed by atoms with Gasteiger partial charge in [0.1, 0.15) is 33.3 Å². The molecule has 0 spiro atoms. The van der Waals surface area contributed by atoms with Crippen molar-refractivity contribution < 1.29 is 19.1 Å². The molecule has 4 rings (SSSR count). The van der Waals surface area contributed by atoms with Crippen LogP contribution in [0, 0.1) is 22.7 Å². The first kappa shape index (κ1) is 24.2. The third-order valence-electron chi connectivity index (χ3n) is 3.93. The Kier molecular flexibility index (Phi) is 7.27. The van der Waals surface area contributed by atoms with Crippen molar-refractivity contribution in [3.05, 3.63) is 65.6 Å². The first-order valence-electron chi connectivity index (χ1n) is 8.12. The van der Waals surface area contributed by atoms with E-state index in [1.54, 1.807) is 24.3 Å². The standard InChI is InChI=1S/C12H4Cl4O2.C8Cl2N2O2/c13-5-1-9-10(2-6(5)14)18-12-4-8(16)7(15)3-11(12)17-9;9-5-6(10)8(14)4(2-12)3(1-11)7(5)13/h1-4H;. The average Bonchev–Trinajstić information content (AvgIpc) is 2.76. The first-order chi connectivity index (χ1) is 15.1. The predicted molar refractivity (Wildman–Crippen MR) is 120 cm³/mol. The van der Waals surface area contributed by atoms with Crippen LogP contribution in [0.2, 0.25) is 20.1 Å². The van der Waals surface area contributed by atoms with Gasteiger partial charge in [-0.3, -0.25) is 9.59 Å². The Morgan fingerprint density at radius 3 is 1.03 bits per heavy atom. The minimum absolute atomic E-state index is 0.391. The molecule has 1 aliphatic carbocycles. The SMILES string of the molecule is Clc1cc2c(cc1Cl)Oc1cc(Cl)c(Cl)cc1O2.N#CC1=C(C#N)C(=O)C(Cl)=C(Cl)C1=O. The second kappa shape index (κ2) is 9.60. The molecule has 160 valence electrons. The number of nitrogens with zero attached hydrogens (tertiary/aromatic N) is 2. The highest BCUT2D eigenvalue weighted by Gasteiger charge is 2.33. The second-order valence-corrected chi connectivity index (χ2v) is 8.27. The van der Waals surface area contributed by atoms with Gasteiger partial charge in [0, 0.05) is 24.3 Å². The summed E-state index contributed by atoms with van der Waals surface area (Å²) in [4.78, 5) is 22.4. The van der Waals surface area contributed by atoms with E-state index in [9.17, 15) is 9.59 Å². The summed E-state index contributed by atoms with van der Waals surface area (Å²) in [7, 11) is 0. The maximum Gasteiger partial charge on any atom is 0.218 e. The van der Waals surface area contributed by atoms with Crippen molar-refractivity contribution in [3.63, 3.8) is 0 Å². The number of halogens is 6. The molecular weight excluding hydrogens is 545 g/mol. The van der Waals surface area contributed by atoms with Crippen LogP contribution in [0.4, 0.5) is 0 Å². The van der Waals surface area contributed by atoms with Gasteiger partial charge in [0.2, 0.25) is 11.6 Å². The van der Waals surface area contributed by atoms with Crippen molar-refractivity contribution in [2.75, 3.05) is 0 Å². The van der Waals surface area contributed by atoms with Crippen LogP contribution >= 0.6 is 69.6 Å². The number of ether oxygens (including phenoxy) is 2. The fourth-order valence-corrected chi connectivity index (χ4v) is 3.41. The smallest absolute Gasteiger partial charge is 0.218 e. The molecule has 32 heavy (non-hydrogen) atoms. The van der Waals surface area contributed by atoms with Crippen molar-refractivity contribution in [1.29, 1.82) is 10.5 Å². The van der Waals surface area contributed by atoms with Gasteiger partial charge in [-0.05, 0) is 0 Å². The van der Waals surface area contributed by atoms with Crippen molar-refractivity contribution in [3.8, 4) is 35.1 Å². The summed E-state index contributed by atoms with van der Waals surface area (Å²) >= 11 is 34.4. The van der Waals surface area contributed by atoms with E-state index < -0.39 is 32.8 Å². The van der Waals surface area contributed by atoms with Crippen LogP contribution in [0.3, 0.4) is 0 Å². The zero-order chi connectivity index (χ0) is 23.7. The molecule has 1 aliphatic heterocycles. The van der Waals surface area contributed by atoms with Gasteiger partial charge in [0.05, 0.1) is 20.1 Å². The Bertz CT molecular complexity index is 1200. The van der Waals surface area contributed by atoms with Crippen molar-refractivity contribution >= 4 is 81.2 Å². The lowest BCUT2D eigenvalue weighted by atomic mass is 9.96. The van der Waals surface area contributed by atoms with Crippen LogP contribution in [0.1, 0.15) is 0 Å². The molecule has 0 aromatic heterocycles. The summed E-state index contributed by atoms with van der Waals surface area (Å²) in [5, 5.41) is 17.6. The number of allylic oxidation sites excluding steroid dienone is 4. The second-order valence-electron chi connectivity index (χ2n) is 5.89. The number of benzene rings is 2. The van der Waals surface area contributed by atoms with Crippen molar-refractivity contribution in [1.82, 2.24) is 0 Å². The highest BCUT2D eigenvalue weighted by molar-refractivity contribution is 6.59. The van der Waals surface area contributed by atoms with E-state index in [1.807, 2.05) is 0 Å². The molecule has 2 aromatic carbocycles. The lowest BCUT2D eigenvalue weighted by molar-refractivity contribution is -0.115. The molecule has 0 fully saturated rings. The monoisotopic (exact) mass is 546 g/mol. The summed E-state index contributed by atoms with van der Waals surface area (Å²) in [5.74, 6) is 0.141. The van der Waals surface area contributed by atoms with E-state index in [4.69, 9.17) is 89.6 Å². The van der Waals surface area contributed by atoms with Gasteiger partial charge < -0.3 is 9.47 Å². The molecule has 0 radical (unpaired) electrons. The number of fused-ring (bicyclic) bond motifs is 2. The van der Waals surface area contributed by atoms with E-state index in [-0.39, 0.29) is 0 Å². The molecule has 0 saturated heterocycles. The van der Waals surface area contributed by atoms with Crippen LogP contribution in [0.15, 0.2) is 45.5 Å². The lowest BCUT2D eigenvalue weighted by Crippen LogP contribution is -2.18. The molecule has 12 heteroatoms. The minimum atomic E-state index is -0.893. The fraction of sp³-hybridized carbons (Fsp3) is 0. The highest BCUT2D eigenvalue weighted by Crippen LogP contribution is 2.49. The van der Waals surface area contributed by atoms with E-state index in [1.165, 1.54) is 12.1 Å². The Morgan fingerprint density at radius 1 is 0.562 bits per heavy atom. The molecule has 2 aliphatic rings. The van der Waals surface area contributed by atoms with Gasteiger partial charge >= 0.3 is 0 Å². The van der Waals surface area contributed by atoms with Crippen LogP contribution in [-0.4, -0.2) is 11.6 Å². The molecule has 0 atom stereocenters. The molecule has 0 N–H and O–H groups in total. The number of rotatable bonds is 0. The summed E-state index contributed by atoms with van der Waals surface area (Å²) in [6, 6.07) is 9.24. The topological polar surface area (TPSA) is 100 Å². The summed E-state index contributed by atoms with van der Waals surface area (Å²) < 4.78 is 11.3. The molecule has 0 amide bonds. The number of hydrogen-bond acceptors (Lipinski definition) is 6. The Morgan fingerprint density at radius 2 is 0.812 bits per heavy atom. The molecule has 0 bridgehead atoms. The van der Waals surface area contributed by atoms with Crippen molar-refractivity contribution in [2.24, 2.45) is 0 Å². The maximum absolute atomic E-state index is 11.2. The number of ketones is 2. The van der Waals surface area contributed by atoms with Gasteiger partial charge in [0.15, 0.2) is 23.0 Å². The number of carbonyl (C=O) groups excluding carboxylic acids is 2. The Balaban J connectivity index is 0.000000188. The molecule has 0 unspecified atom stereocenters. The van der Waals surface area contributed by atoms with Gasteiger partial charge in [-0.1, -0.05) is 69.6 Å². The zero-order valence-electron chi connectivity index (χ0n) is 15.1. The summed E-state index contributed by atoms with van der Waals surface area (Å²) in [6.45, 7) is 0. The van der Waals surface area contributed by atoms with Crippen LogP contribution in [0.25, 0.3) is 0 Å². The molecular formula is C20H4Cl6N2O4. The Labute approximate surface area is 210 Å². The van der Waals surface area contributed by atoms with Crippen LogP contribution in [-0.2, 0) is 9.59 Å². The van der Waals surface area contributed by atoms with Crippen LogP contribution in [0.5, 0.6) is 23.0 Å². The normalized spacial score (nSPS) is 14.2. The van der Waals surface area contributed by atoms with Crippen molar-refractivity contribution in [2.45, 2.75) is 0 Å². The summed E-state index contributed by atoms with van der Waals surface area (Å²) in [6.07, 6.45) is 0. The number of hydrogen-bond donors (Lipinski definition) is 0. The molecule has 0 saturated carbocycles. The molecule has 1 heterocycles. The number of Topliss-reactive ketones (excluding diaryl/α,β-unsaturated/α-hetero) is 2. The van der Waals surface area contributed by atoms with Gasteiger partial charge in [-0.25, -0.2) is 0 Å². The largest absolute Gasteiger partial charge is 0.449 e. The van der Waals surface area contributed by atoms with Gasteiger partial charge in [-0.15, -0.1) is 0 Å². The quantitative estimate of drug-likeness (QED) is 0.272. The highest BCUT2D eigenvalue weighted by atomic mass is 35.5. The number of carbonyl (C=O) groups is 2. The third kappa shape index (κ3) is 4.53.